The number of aryl methyl sites for hydroxylation is 1. The zero-order chi connectivity index (χ0) is 15.4. The third-order valence-corrected chi connectivity index (χ3v) is 2.95. The van der Waals surface area contributed by atoms with Crippen LogP contribution in [0.25, 0.3) is 0 Å². The first-order valence-corrected chi connectivity index (χ1v) is 6.37. The largest absolute Gasteiger partial charge is 0.464 e. The Morgan fingerprint density at radius 2 is 2.00 bits per heavy atom. The van der Waals surface area contributed by atoms with Crippen LogP contribution in [-0.2, 0) is 4.74 Å². The second-order valence-corrected chi connectivity index (χ2v) is 4.59. The minimum atomic E-state index is -0.562. The molecule has 0 radical (unpaired) electrons. The van der Waals surface area contributed by atoms with Crippen LogP contribution in [0.2, 0.25) is 5.15 Å². The SMILES string of the molecule is COC(=O)c1ccc(C(=O)Nc2cc(C)cnc2Cl)cn1. The number of carbonyl (C=O) groups is 2. The fraction of sp³-hybridized carbons (Fsp3) is 0.143. The normalized spacial score (nSPS) is 10.0. The predicted octanol–water partition coefficient (Wildman–Crippen LogP) is 2.48. The number of nitrogens with one attached hydrogen (secondary N) is 1. The van der Waals surface area contributed by atoms with Gasteiger partial charge in [0.1, 0.15) is 5.69 Å². The van der Waals surface area contributed by atoms with E-state index >= 15 is 0 Å². The van der Waals surface area contributed by atoms with Gasteiger partial charge < -0.3 is 10.1 Å². The summed E-state index contributed by atoms with van der Waals surface area (Å²) < 4.78 is 4.53. The molecule has 0 aliphatic carbocycles. The maximum atomic E-state index is 12.1. The first kappa shape index (κ1) is 14.9. The van der Waals surface area contributed by atoms with E-state index in [4.69, 9.17) is 11.6 Å². The molecule has 0 aromatic carbocycles. The number of hydrogen-bond acceptors (Lipinski definition) is 5. The number of hydrogen-bond donors (Lipinski definition) is 1. The Morgan fingerprint density at radius 3 is 2.62 bits per heavy atom. The van der Waals surface area contributed by atoms with Crippen LogP contribution >= 0.6 is 11.6 Å². The highest BCUT2D eigenvalue weighted by Crippen LogP contribution is 2.20. The van der Waals surface area contributed by atoms with Crippen molar-refractivity contribution >= 4 is 29.2 Å². The molecule has 0 spiro atoms. The summed E-state index contributed by atoms with van der Waals surface area (Å²) in [6, 6.07) is 4.60. The van der Waals surface area contributed by atoms with Gasteiger partial charge in [0.25, 0.3) is 5.91 Å². The highest BCUT2D eigenvalue weighted by atomic mass is 35.5. The van der Waals surface area contributed by atoms with Gasteiger partial charge >= 0.3 is 5.97 Å². The van der Waals surface area contributed by atoms with Crippen LogP contribution in [0.15, 0.2) is 30.6 Å². The summed E-state index contributed by atoms with van der Waals surface area (Å²) in [4.78, 5) is 31.1. The van der Waals surface area contributed by atoms with E-state index in [0.717, 1.165) is 5.56 Å². The molecule has 2 aromatic rings. The van der Waals surface area contributed by atoms with Crippen molar-refractivity contribution in [3.8, 4) is 0 Å². The second-order valence-electron chi connectivity index (χ2n) is 4.23. The van der Waals surface area contributed by atoms with Crippen molar-refractivity contribution in [2.75, 3.05) is 12.4 Å². The van der Waals surface area contributed by atoms with Crippen molar-refractivity contribution in [2.24, 2.45) is 0 Å². The molecule has 0 aliphatic rings. The number of nitrogens with zero attached hydrogens (tertiary/aromatic N) is 2. The molecule has 0 aliphatic heterocycles. The summed E-state index contributed by atoms with van der Waals surface area (Å²) in [5, 5.41) is 2.84. The van der Waals surface area contributed by atoms with Crippen LogP contribution in [0.3, 0.4) is 0 Å². The van der Waals surface area contributed by atoms with Gasteiger partial charge in [-0.3, -0.25) is 4.79 Å². The van der Waals surface area contributed by atoms with Crippen molar-refractivity contribution in [3.63, 3.8) is 0 Å². The maximum Gasteiger partial charge on any atom is 0.356 e. The highest BCUT2D eigenvalue weighted by Gasteiger charge is 2.12. The van der Waals surface area contributed by atoms with Gasteiger partial charge in [-0.2, -0.15) is 0 Å². The van der Waals surface area contributed by atoms with E-state index < -0.39 is 11.9 Å². The predicted molar refractivity (Wildman–Crippen MR) is 77.5 cm³/mol. The smallest absolute Gasteiger partial charge is 0.356 e. The monoisotopic (exact) mass is 305 g/mol. The van der Waals surface area contributed by atoms with Gasteiger partial charge in [-0.05, 0) is 30.7 Å². The number of pyridine rings is 2. The minimum absolute atomic E-state index is 0.129. The summed E-state index contributed by atoms with van der Waals surface area (Å²) in [5.74, 6) is -0.957. The van der Waals surface area contributed by atoms with Crippen molar-refractivity contribution in [1.82, 2.24) is 9.97 Å². The topological polar surface area (TPSA) is 81.2 Å². The Bertz CT molecular complexity index is 686. The summed E-state index contributed by atoms with van der Waals surface area (Å²) in [6.45, 7) is 1.84. The van der Waals surface area contributed by atoms with Crippen LogP contribution in [-0.4, -0.2) is 29.0 Å². The van der Waals surface area contributed by atoms with E-state index in [1.54, 1.807) is 12.3 Å². The number of anilines is 1. The van der Waals surface area contributed by atoms with E-state index in [1.807, 2.05) is 6.92 Å². The van der Waals surface area contributed by atoms with E-state index in [2.05, 4.69) is 20.0 Å². The molecule has 0 bridgehead atoms. The summed E-state index contributed by atoms with van der Waals surface area (Å²) >= 11 is 5.91. The molecule has 0 unspecified atom stereocenters. The van der Waals surface area contributed by atoms with Crippen LogP contribution < -0.4 is 5.32 Å². The van der Waals surface area contributed by atoms with Gasteiger partial charge in [0.15, 0.2) is 5.15 Å². The van der Waals surface area contributed by atoms with Gasteiger partial charge in [0, 0.05) is 12.4 Å². The Hall–Kier alpha value is -2.47. The molecule has 0 fully saturated rings. The molecule has 7 heteroatoms. The molecule has 0 saturated heterocycles. The molecule has 6 nitrogen and oxygen atoms in total. The van der Waals surface area contributed by atoms with Crippen molar-refractivity contribution in [2.45, 2.75) is 6.92 Å². The van der Waals surface area contributed by atoms with Gasteiger partial charge in [-0.1, -0.05) is 11.6 Å². The first-order chi connectivity index (χ1) is 10.0. The lowest BCUT2D eigenvalue weighted by Crippen LogP contribution is -2.14. The number of halogens is 1. The lowest BCUT2D eigenvalue weighted by molar-refractivity contribution is 0.0593. The summed E-state index contributed by atoms with van der Waals surface area (Å²) in [5.41, 5.74) is 1.71. The number of rotatable bonds is 3. The Balaban J connectivity index is 2.17. The number of amides is 1. The molecule has 2 aromatic heterocycles. The van der Waals surface area contributed by atoms with Crippen LogP contribution in [0.4, 0.5) is 5.69 Å². The third kappa shape index (κ3) is 3.55. The Kier molecular flexibility index (Phi) is 4.49. The zero-order valence-corrected chi connectivity index (χ0v) is 12.1. The fourth-order valence-electron chi connectivity index (χ4n) is 1.59. The van der Waals surface area contributed by atoms with Gasteiger partial charge in [-0.15, -0.1) is 0 Å². The number of esters is 1. The molecule has 0 saturated carbocycles. The van der Waals surface area contributed by atoms with Gasteiger partial charge in [0.05, 0.1) is 18.4 Å². The number of methoxy groups -OCH3 is 1. The Labute approximate surface area is 126 Å². The molecule has 21 heavy (non-hydrogen) atoms. The average Bonchev–Trinajstić information content (AvgIpc) is 2.50. The number of carbonyl (C=O) groups excluding carboxylic acids is 2. The van der Waals surface area contributed by atoms with E-state index in [1.165, 1.54) is 25.4 Å². The van der Waals surface area contributed by atoms with Crippen molar-refractivity contribution in [3.05, 3.63) is 52.6 Å². The molecule has 108 valence electrons. The molecule has 2 heterocycles. The number of ether oxygens (including phenoxy) is 1. The molecule has 0 atom stereocenters. The molecule has 1 N–H and O–H groups in total. The summed E-state index contributed by atoms with van der Waals surface area (Å²) in [7, 11) is 1.26. The van der Waals surface area contributed by atoms with E-state index in [9.17, 15) is 9.59 Å². The molecular weight excluding hydrogens is 294 g/mol. The van der Waals surface area contributed by atoms with Crippen molar-refractivity contribution in [1.29, 1.82) is 0 Å². The van der Waals surface area contributed by atoms with Crippen molar-refractivity contribution < 1.29 is 14.3 Å². The molecular formula is C14H12ClN3O3. The van der Waals surface area contributed by atoms with E-state index in [0.29, 0.717) is 11.3 Å². The average molecular weight is 306 g/mol. The number of aromatic nitrogens is 2. The fourth-order valence-corrected chi connectivity index (χ4v) is 1.74. The summed E-state index contributed by atoms with van der Waals surface area (Å²) in [6.07, 6.45) is 2.89. The Morgan fingerprint density at radius 1 is 1.24 bits per heavy atom. The standard InChI is InChI=1S/C14H12ClN3O3/c1-8-5-11(12(15)17-6-8)18-13(19)9-3-4-10(16-7-9)14(20)21-2/h3-7H,1-2H3,(H,18,19). The lowest BCUT2D eigenvalue weighted by atomic mass is 10.2. The zero-order valence-electron chi connectivity index (χ0n) is 11.4. The highest BCUT2D eigenvalue weighted by molar-refractivity contribution is 6.32. The van der Waals surface area contributed by atoms with Crippen LogP contribution in [0, 0.1) is 6.92 Å². The maximum absolute atomic E-state index is 12.1. The van der Waals surface area contributed by atoms with Crippen LogP contribution in [0.1, 0.15) is 26.4 Å². The lowest BCUT2D eigenvalue weighted by Gasteiger charge is -2.07. The first-order valence-electron chi connectivity index (χ1n) is 5.99. The van der Waals surface area contributed by atoms with Gasteiger partial charge in [-0.25, -0.2) is 14.8 Å². The third-order valence-electron chi connectivity index (χ3n) is 2.64. The van der Waals surface area contributed by atoms with E-state index in [-0.39, 0.29) is 10.8 Å². The molecule has 1 amide bonds. The van der Waals surface area contributed by atoms with Gasteiger partial charge in [0.2, 0.25) is 0 Å². The van der Waals surface area contributed by atoms with Crippen LogP contribution in [0.5, 0.6) is 0 Å². The second kappa shape index (κ2) is 6.32. The minimum Gasteiger partial charge on any atom is -0.464 e. The quantitative estimate of drug-likeness (QED) is 0.696. The molecule has 2 rings (SSSR count).